The average Bonchev–Trinajstić information content (AvgIpc) is 2.58. The number of alkyl carbamates (subject to hydrolysis) is 1. The van der Waals surface area contributed by atoms with Gasteiger partial charge in [0.05, 0.1) is 12.1 Å². The van der Waals surface area contributed by atoms with E-state index in [1.54, 1.807) is 0 Å². The second kappa shape index (κ2) is 11.7. The van der Waals surface area contributed by atoms with Gasteiger partial charge in [0, 0.05) is 45.3 Å². The molecule has 30 heavy (non-hydrogen) atoms. The van der Waals surface area contributed by atoms with Crippen molar-refractivity contribution in [3.8, 4) is 0 Å². The van der Waals surface area contributed by atoms with Crippen LogP contribution in [0.25, 0.3) is 0 Å². The molecule has 0 aliphatic carbocycles. The van der Waals surface area contributed by atoms with Crippen molar-refractivity contribution in [1.29, 1.82) is 0 Å². The first-order valence-corrected chi connectivity index (χ1v) is 11.3. The first-order valence-electron chi connectivity index (χ1n) is 11.3. The standard InChI is InChI=1S/C22H46N6O2/c1-10-23-19(25-16-22(7,8)26-20(29)30-21(4,5)6)24-15-18(17(2)3)28-13-11-27(9)12-14-28/h17-18H,10-16H2,1-9H3,(H,26,29)(H2,23,24,25). The highest BCUT2D eigenvalue weighted by molar-refractivity contribution is 5.80. The zero-order valence-corrected chi connectivity index (χ0v) is 20.8. The van der Waals surface area contributed by atoms with Crippen LogP contribution in [0, 0.1) is 5.92 Å². The number of ether oxygens (including phenoxy) is 1. The van der Waals surface area contributed by atoms with Gasteiger partial charge in [-0.25, -0.2) is 4.79 Å². The van der Waals surface area contributed by atoms with Crippen molar-refractivity contribution in [3.05, 3.63) is 0 Å². The molecule has 176 valence electrons. The Morgan fingerprint density at radius 1 is 1.07 bits per heavy atom. The van der Waals surface area contributed by atoms with Crippen molar-refractivity contribution in [1.82, 2.24) is 25.8 Å². The normalized spacial score (nSPS) is 18.3. The largest absolute Gasteiger partial charge is 0.444 e. The van der Waals surface area contributed by atoms with E-state index >= 15 is 0 Å². The number of carbonyl (C=O) groups is 1. The van der Waals surface area contributed by atoms with E-state index in [0.29, 0.717) is 18.5 Å². The zero-order valence-electron chi connectivity index (χ0n) is 20.8. The predicted octanol–water partition coefficient (Wildman–Crippen LogP) is 2.12. The number of rotatable bonds is 8. The monoisotopic (exact) mass is 426 g/mol. The number of hydrogen-bond donors (Lipinski definition) is 3. The molecule has 0 spiro atoms. The van der Waals surface area contributed by atoms with Crippen LogP contribution in [0.4, 0.5) is 4.79 Å². The van der Waals surface area contributed by atoms with Crippen LogP contribution in [0.3, 0.4) is 0 Å². The van der Waals surface area contributed by atoms with E-state index < -0.39 is 17.2 Å². The molecule has 1 aliphatic heterocycles. The molecule has 1 fully saturated rings. The van der Waals surface area contributed by atoms with E-state index in [2.05, 4.69) is 53.6 Å². The summed E-state index contributed by atoms with van der Waals surface area (Å²) < 4.78 is 5.37. The third-order valence-electron chi connectivity index (χ3n) is 5.07. The Bertz CT molecular complexity index is 548. The van der Waals surface area contributed by atoms with E-state index in [4.69, 9.17) is 9.73 Å². The van der Waals surface area contributed by atoms with Crippen LogP contribution in [0.2, 0.25) is 0 Å². The molecule has 8 heteroatoms. The summed E-state index contributed by atoms with van der Waals surface area (Å²) in [6.07, 6.45) is -0.421. The Morgan fingerprint density at radius 2 is 1.67 bits per heavy atom. The van der Waals surface area contributed by atoms with Gasteiger partial charge in [0.2, 0.25) is 0 Å². The van der Waals surface area contributed by atoms with Gasteiger partial charge < -0.3 is 25.6 Å². The molecule has 0 radical (unpaired) electrons. The van der Waals surface area contributed by atoms with Crippen LogP contribution in [-0.4, -0.2) is 91.9 Å². The average molecular weight is 427 g/mol. The summed E-state index contributed by atoms with van der Waals surface area (Å²) in [6, 6.07) is 0.454. The Kier molecular flexibility index (Phi) is 10.4. The summed E-state index contributed by atoms with van der Waals surface area (Å²) in [5.41, 5.74) is -1.03. The van der Waals surface area contributed by atoms with Gasteiger partial charge in [0.1, 0.15) is 5.60 Å². The Balaban J connectivity index is 2.68. The minimum atomic E-state index is -0.519. The topological polar surface area (TPSA) is 81.2 Å². The molecule has 3 N–H and O–H groups in total. The number of hydrogen-bond acceptors (Lipinski definition) is 5. The van der Waals surface area contributed by atoms with Gasteiger partial charge in [-0.3, -0.25) is 9.89 Å². The zero-order chi connectivity index (χ0) is 22.9. The minimum Gasteiger partial charge on any atom is -0.444 e. The summed E-state index contributed by atoms with van der Waals surface area (Å²) in [5.74, 6) is 1.32. The lowest BCUT2D eigenvalue weighted by Gasteiger charge is -2.40. The van der Waals surface area contributed by atoms with Gasteiger partial charge in [-0.1, -0.05) is 13.8 Å². The van der Waals surface area contributed by atoms with Gasteiger partial charge in [-0.15, -0.1) is 0 Å². The SMILES string of the molecule is CCNC(=NCC(C)(C)NC(=O)OC(C)(C)C)NCC(C(C)C)N1CCN(C)CC1. The summed E-state index contributed by atoms with van der Waals surface area (Å²) in [7, 11) is 2.18. The highest BCUT2D eigenvalue weighted by Gasteiger charge is 2.26. The first kappa shape index (κ1) is 26.5. The fourth-order valence-corrected chi connectivity index (χ4v) is 3.38. The molecule has 8 nitrogen and oxygen atoms in total. The van der Waals surface area contributed by atoms with Crippen molar-refractivity contribution in [2.45, 2.75) is 72.6 Å². The number of nitrogens with one attached hydrogen (secondary N) is 3. The maximum Gasteiger partial charge on any atom is 0.408 e. The number of guanidine groups is 1. The van der Waals surface area contributed by atoms with Gasteiger partial charge >= 0.3 is 6.09 Å². The molecule has 1 aliphatic rings. The molecule has 0 bridgehead atoms. The maximum atomic E-state index is 12.1. The lowest BCUT2D eigenvalue weighted by Crippen LogP contribution is -2.55. The molecule has 0 saturated carbocycles. The van der Waals surface area contributed by atoms with Gasteiger partial charge in [0.15, 0.2) is 5.96 Å². The smallest absolute Gasteiger partial charge is 0.408 e. The fourth-order valence-electron chi connectivity index (χ4n) is 3.38. The van der Waals surface area contributed by atoms with Crippen molar-refractivity contribution in [2.24, 2.45) is 10.9 Å². The molecule has 0 aromatic heterocycles. The Labute approximate surface area is 184 Å². The predicted molar refractivity (Wildman–Crippen MR) is 125 cm³/mol. The van der Waals surface area contributed by atoms with Crippen LogP contribution in [-0.2, 0) is 4.74 Å². The van der Waals surface area contributed by atoms with E-state index in [0.717, 1.165) is 45.2 Å². The van der Waals surface area contributed by atoms with Crippen molar-refractivity contribution in [3.63, 3.8) is 0 Å². The van der Waals surface area contributed by atoms with Gasteiger partial charge in [-0.05, 0) is 54.5 Å². The van der Waals surface area contributed by atoms with Crippen LogP contribution < -0.4 is 16.0 Å². The number of likely N-dealkylation sites (N-methyl/N-ethyl adjacent to an activating group) is 1. The van der Waals surface area contributed by atoms with E-state index in [-0.39, 0.29) is 0 Å². The van der Waals surface area contributed by atoms with E-state index in [1.807, 2.05) is 34.6 Å². The third-order valence-corrected chi connectivity index (χ3v) is 5.07. The van der Waals surface area contributed by atoms with Gasteiger partial charge in [0.25, 0.3) is 0 Å². The van der Waals surface area contributed by atoms with Crippen molar-refractivity contribution >= 4 is 12.1 Å². The number of amides is 1. The number of aliphatic imine (C=N–C) groups is 1. The maximum absolute atomic E-state index is 12.1. The minimum absolute atomic E-state index is 0.421. The Morgan fingerprint density at radius 3 is 2.17 bits per heavy atom. The second-order valence-corrected chi connectivity index (χ2v) is 10.2. The summed E-state index contributed by atoms with van der Waals surface area (Å²) in [6.45, 7) is 22.6. The van der Waals surface area contributed by atoms with Crippen LogP contribution in [0.15, 0.2) is 4.99 Å². The lowest BCUT2D eigenvalue weighted by atomic mass is 10.0. The molecule has 1 amide bonds. The van der Waals surface area contributed by atoms with E-state index in [9.17, 15) is 4.79 Å². The van der Waals surface area contributed by atoms with Crippen molar-refractivity contribution < 1.29 is 9.53 Å². The summed E-state index contributed by atoms with van der Waals surface area (Å²) in [4.78, 5) is 21.8. The molecular weight excluding hydrogens is 380 g/mol. The molecule has 0 aromatic rings. The first-order chi connectivity index (χ1) is 13.8. The van der Waals surface area contributed by atoms with Gasteiger partial charge in [-0.2, -0.15) is 0 Å². The molecule has 0 aromatic carbocycles. The number of nitrogens with zero attached hydrogens (tertiary/aromatic N) is 3. The number of piperazine rings is 1. The summed E-state index contributed by atoms with van der Waals surface area (Å²) in [5, 5.41) is 9.75. The second-order valence-electron chi connectivity index (χ2n) is 10.2. The number of carbonyl (C=O) groups excluding carboxylic acids is 1. The van der Waals surface area contributed by atoms with Crippen LogP contribution in [0.5, 0.6) is 0 Å². The van der Waals surface area contributed by atoms with E-state index in [1.165, 1.54) is 0 Å². The molecular formula is C22H46N6O2. The highest BCUT2D eigenvalue weighted by atomic mass is 16.6. The van der Waals surface area contributed by atoms with Crippen molar-refractivity contribution in [2.75, 3.05) is 52.9 Å². The fraction of sp³-hybridized carbons (Fsp3) is 0.909. The highest BCUT2D eigenvalue weighted by Crippen LogP contribution is 2.13. The third kappa shape index (κ3) is 10.5. The molecule has 1 unspecified atom stereocenters. The Hall–Kier alpha value is -1.54. The molecule has 1 saturated heterocycles. The lowest BCUT2D eigenvalue weighted by molar-refractivity contribution is 0.0476. The quantitative estimate of drug-likeness (QED) is 0.407. The molecule has 1 rings (SSSR count). The molecule has 1 heterocycles. The van der Waals surface area contributed by atoms with Crippen LogP contribution >= 0.6 is 0 Å². The summed E-state index contributed by atoms with van der Waals surface area (Å²) >= 11 is 0. The molecule has 1 atom stereocenters. The van der Waals surface area contributed by atoms with Crippen LogP contribution in [0.1, 0.15) is 55.4 Å².